The molecule has 2 heterocycles. The number of carbonyl (C=O) groups is 1. The van der Waals surface area contributed by atoms with Crippen LogP contribution in [0.4, 0.5) is 0 Å². The van der Waals surface area contributed by atoms with Gasteiger partial charge in [0.15, 0.2) is 0 Å². The zero-order valence-corrected chi connectivity index (χ0v) is 14.5. The summed E-state index contributed by atoms with van der Waals surface area (Å²) in [6, 6.07) is 8.63. The molecular formula is C19H28N2O3. The minimum absolute atomic E-state index is 0.0181. The van der Waals surface area contributed by atoms with Gasteiger partial charge in [0.2, 0.25) is 5.91 Å². The van der Waals surface area contributed by atoms with E-state index in [1.165, 1.54) is 11.1 Å². The standard InChI is InChI=1S/C19H28N2O3/c1-15-4-2-3-5-17(15)19(6-9-23-10-7-19)14-21-18(22)12-16-13-24-11-8-20-16/h2-5,16,20H,6-14H2,1H3,(H,21,22). The fourth-order valence-corrected chi connectivity index (χ4v) is 3.79. The third-order valence-electron chi connectivity index (χ3n) is 5.22. The van der Waals surface area contributed by atoms with Crippen LogP contribution in [0, 0.1) is 6.92 Å². The van der Waals surface area contributed by atoms with Crippen molar-refractivity contribution in [2.75, 3.05) is 39.5 Å². The lowest BCUT2D eigenvalue weighted by atomic mass is 9.72. The summed E-state index contributed by atoms with van der Waals surface area (Å²) in [6.45, 7) is 6.50. The van der Waals surface area contributed by atoms with Crippen molar-refractivity contribution in [2.24, 2.45) is 0 Å². The molecule has 2 N–H and O–H groups in total. The van der Waals surface area contributed by atoms with E-state index in [2.05, 4.69) is 41.8 Å². The van der Waals surface area contributed by atoms with Crippen molar-refractivity contribution in [3.8, 4) is 0 Å². The van der Waals surface area contributed by atoms with E-state index in [9.17, 15) is 4.79 Å². The van der Waals surface area contributed by atoms with Gasteiger partial charge in [-0.15, -0.1) is 0 Å². The van der Waals surface area contributed by atoms with Crippen LogP contribution >= 0.6 is 0 Å². The average Bonchev–Trinajstić information content (AvgIpc) is 2.62. The molecule has 132 valence electrons. The Kier molecular flexibility index (Phi) is 5.87. The third kappa shape index (κ3) is 4.15. The van der Waals surface area contributed by atoms with Gasteiger partial charge in [0.05, 0.1) is 13.2 Å². The molecule has 0 spiro atoms. The lowest BCUT2D eigenvalue weighted by Gasteiger charge is -2.39. The minimum Gasteiger partial charge on any atom is -0.381 e. The zero-order valence-electron chi connectivity index (χ0n) is 14.5. The molecule has 1 atom stereocenters. The highest BCUT2D eigenvalue weighted by atomic mass is 16.5. The first-order chi connectivity index (χ1) is 11.7. The second-order valence-corrected chi connectivity index (χ2v) is 6.91. The number of benzene rings is 1. The number of morpholine rings is 1. The van der Waals surface area contributed by atoms with Crippen LogP contribution in [-0.4, -0.2) is 51.5 Å². The average molecular weight is 332 g/mol. The second-order valence-electron chi connectivity index (χ2n) is 6.91. The fourth-order valence-electron chi connectivity index (χ4n) is 3.79. The van der Waals surface area contributed by atoms with Gasteiger partial charge in [-0.1, -0.05) is 24.3 Å². The molecule has 0 bridgehead atoms. The lowest BCUT2D eigenvalue weighted by Crippen LogP contribution is -2.48. The van der Waals surface area contributed by atoms with Crippen molar-refractivity contribution in [2.45, 2.75) is 37.6 Å². The first kappa shape index (κ1) is 17.4. The molecule has 0 aromatic heterocycles. The Bertz CT molecular complexity index is 549. The van der Waals surface area contributed by atoms with Gasteiger partial charge in [0.25, 0.3) is 0 Å². The Morgan fingerprint density at radius 3 is 2.75 bits per heavy atom. The Hall–Kier alpha value is -1.43. The zero-order chi connectivity index (χ0) is 16.8. The van der Waals surface area contributed by atoms with E-state index in [4.69, 9.17) is 9.47 Å². The van der Waals surface area contributed by atoms with Gasteiger partial charge in [-0.05, 0) is 30.9 Å². The van der Waals surface area contributed by atoms with E-state index < -0.39 is 0 Å². The number of ether oxygens (including phenoxy) is 2. The highest BCUT2D eigenvalue weighted by Gasteiger charge is 2.36. The molecule has 1 unspecified atom stereocenters. The molecule has 2 aliphatic heterocycles. The maximum absolute atomic E-state index is 12.4. The second kappa shape index (κ2) is 8.10. The van der Waals surface area contributed by atoms with Crippen LogP contribution in [0.15, 0.2) is 24.3 Å². The third-order valence-corrected chi connectivity index (χ3v) is 5.22. The van der Waals surface area contributed by atoms with Crippen molar-refractivity contribution in [3.63, 3.8) is 0 Å². The van der Waals surface area contributed by atoms with Gasteiger partial charge in [0.1, 0.15) is 0 Å². The summed E-state index contributed by atoms with van der Waals surface area (Å²) in [6.07, 6.45) is 2.37. The van der Waals surface area contributed by atoms with Crippen LogP contribution < -0.4 is 10.6 Å². The number of carbonyl (C=O) groups excluding carboxylic acids is 1. The van der Waals surface area contributed by atoms with Gasteiger partial charge in [-0.3, -0.25) is 4.79 Å². The topological polar surface area (TPSA) is 59.6 Å². The molecular weight excluding hydrogens is 304 g/mol. The van der Waals surface area contributed by atoms with Crippen molar-refractivity contribution >= 4 is 5.91 Å². The molecule has 3 rings (SSSR count). The largest absolute Gasteiger partial charge is 0.381 e. The van der Waals surface area contributed by atoms with Crippen LogP contribution in [0.25, 0.3) is 0 Å². The van der Waals surface area contributed by atoms with E-state index in [0.717, 1.165) is 39.2 Å². The van der Waals surface area contributed by atoms with Crippen molar-refractivity contribution < 1.29 is 14.3 Å². The van der Waals surface area contributed by atoms with Gasteiger partial charge in [-0.25, -0.2) is 0 Å². The molecule has 1 aromatic carbocycles. The molecule has 0 radical (unpaired) electrons. The van der Waals surface area contributed by atoms with Crippen molar-refractivity contribution in [1.82, 2.24) is 10.6 Å². The van der Waals surface area contributed by atoms with Crippen LogP contribution in [0.2, 0.25) is 0 Å². The highest BCUT2D eigenvalue weighted by Crippen LogP contribution is 2.36. The Labute approximate surface area is 144 Å². The monoisotopic (exact) mass is 332 g/mol. The van der Waals surface area contributed by atoms with E-state index in [1.807, 2.05) is 0 Å². The molecule has 2 fully saturated rings. The first-order valence-corrected chi connectivity index (χ1v) is 8.91. The Morgan fingerprint density at radius 2 is 2.04 bits per heavy atom. The predicted molar refractivity (Wildman–Crippen MR) is 93.1 cm³/mol. The summed E-state index contributed by atoms with van der Waals surface area (Å²) in [5.74, 6) is 0.0949. The Balaban J connectivity index is 1.64. The molecule has 2 saturated heterocycles. The number of hydrogen-bond donors (Lipinski definition) is 2. The van der Waals surface area contributed by atoms with E-state index >= 15 is 0 Å². The number of hydrogen-bond acceptors (Lipinski definition) is 4. The van der Waals surface area contributed by atoms with Gasteiger partial charge >= 0.3 is 0 Å². The van der Waals surface area contributed by atoms with E-state index in [0.29, 0.717) is 19.6 Å². The molecule has 1 aromatic rings. The maximum atomic E-state index is 12.4. The summed E-state index contributed by atoms with van der Waals surface area (Å²) in [4.78, 5) is 12.4. The van der Waals surface area contributed by atoms with E-state index in [-0.39, 0.29) is 17.4 Å². The van der Waals surface area contributed by atoms with Crippen molar-refractivity contribution in [1.29, 1.82) is 0 Å². The molecule has 0 aliphatic carbocycles. The van der Waals surface area contributed by atoms with Crippen LogP contribution in [0.1, 0.15) is 30.4 Å². The van der Waals surface area contributed by atoms with Crippen LogP contribution in [0.3, 0.4) is 0 Å². The molecule has 5 nitrogen and oxygen atoms in total. The summed E-state index contributed by atoms with van der Waals surface area (Å²) < 4.78 is 11.0. The van der Waals surface area contributed by atoms with Crippen molar-refractivity contribution in [3.05, 3.63) is 35.4 Å². The summed E-state index contributed by atoms with van der Waals surface area (Å²) >= 11 is 0. The molecule has 2 aliphatic rings. The first-order valence-electron chi connectivity index (χ1n) is 8.91. The summed E-state index contributed by atoms with van der Waals surface area (Å²) in [5.41, 5.74) is 2.61. The van der Waals surface area contributed by atoms with E-state index in [1.54, 1.807) is 0 Å². The normalized spacial score (nSPS) is 23.6. The number of amides is 1. The molecule has 24 heavy (non-hydrogen) atoms. The molecule has 5 heteroatoms. The molecule has 0 saturated carbocycles. The fraction of sp³-hybridized carbons (Fsp3) is 0.632. The number of aryl methyl sites for hydroxylation is 1. The summed E-state index contributed by atoms with van der Waals surface area (Å²) in [7, 11) is 0. The SMILES string of the molecule is Cc1ccccc1C1(CNC(=O)CC2COCCN2)CCOCC1. The minimum atomic E-state index is -0.0181. The Morgan fingerprint density at radius 1 is 1.25 bits per heavy atom. The van der Waals surface area contributed by atoms with Gasteiger partial charge in [-0.2, -0.15) is 0 Å². The molecule has 1 amide bonds. The van der Waals surface area contributed by atoms with Gasteiger partial charge < -0.3 is 20.1 Å². The number of nitrogens with one attached hydrogen (secondary N) is 2. The predicted octanol–water partition coefficient (Wildman–Crippen LogP) is 1.54. The smallest absolute Gasteiger partial charge is 0.221 e. The summed E-state index contributed by atoms with van der Waals surface area (Å²) in [5, 5.41) is 6.51. The highest BCUT2D eigenvalue weighted by molar-refractivity contribution is 5.76. The quantitative estimate of drug-likeness (QED) is 0.859. The van der Waals surface area contributed by atoms with Crippen LogP contribution in [0.5, 0.6) is 0 Å². The maximum Gasteiger partial charge on any atom is 0.221 e. The number of rotatable bonds is 5. The lowest BCUT2D eigenvalue weighted by molar-refractivity contribution is -0.122. The van der Waals surface area contributed by atoms with Crippen LogP contribution in [-0.2, 0) is 19.7 Å². The van der Waals surface area contributed by atoms with Gasteiger partial charge in [0, 0.05) is 44.2 Å².